The van der Waals surface area contributed by atoms with Crippen LogP contribution in [0.1, 0.15) is 17.5 Å². The summed E-state index contributed by atoms with van der Waals surface area (Å²) < 4.78 is 69.5. The van der Waals surface area contributed by atoms with Gasteiger partial charge in [0.2, 0.25) is 5.91 Å². The SMILES string of the molecule is O=C(Cc1ccsc1)N1CC[C@@H]2OCCN(Cc3cccnc3)[C@H]2C1.O=C(O)C(F)(F)F.O=C(O)C(F)(F)F. The maximum absolute atomic E-state index is 12.7. The highest BCUT2D eigenvalue weighted by atomic mass is 32.1. The summed E-state index contributed by atoms with van der Waals surface area (Å²) >= 11 is 1.64. The van der Waals surface area contributed by atoms with Gasteiger partial charge in [-0.25, -0.2) is 9.59 Å². The first-order valence-electron chi connectivity index (χ1n) is 11.3. The third kappa shape index (κ3) is 10.8. The van der Waals surface area contributed by atoms with E-state index in [2.05, 4.69) is 21.3 Å². The van der Waals surface area contributed by atoms with Crippen molar-refractivity contribution in [3.8, 4) is 0 Å². The summed E-state index contributed by atoms with van der Waals surface area (Å²) in [5, 5.41) is 18.3. The van der Waals surface area contributed by atoms with E-state index >= 15 is 0 Å². The lowest BCUT2D eigenvalue weighted by atomic mass is 9.97. The molecule has 216 valence electrons. The van der Waals surface area contributed by atoms with E-state index in [1.807, 2.05) is 28.6 Å². The lowest BCUT2D eigenvalue weighted by Crippen LogP contribution is -2.60. The Morgan fingerprint density at radius 2 is 1.67 bits per heavy atom. The van der Waals surface area contributed by atoms with Crippen LogP contribution in [0.4, 0.5) is 26.3 Å². The Morgan fingerprint density at radius 1 is 1.03 bits per heavy atom. The second-order valence-electron chi connectivity index (χ2n) is 8.35. The third-order valence-corrected chi connectivity index (χ3v) is 6.31. The highest BCUT2D eigenvalue weighted by molar-refractivity contribution is 7.08. The molecule has 2 aliphatic heterocycles. The van der Waals surface area contributed by atoms with E-state index in [0.717, 1.165) is 44.8 Å². The Balaban J connectivity index is 0.000000317. The molecule has 0 aliphatic carbocycles. The first-order chi connectivity index (χ1) is 18.2. The van der Waals surface area contributed by atoms with Crippen molar-refractivity contribution < 1.29 is 55.7 Å². The number of hydrogen-bond acceptors (Lipinski definition) is 7. The molecular formula is C23H25F6N3O6S. The summed E-state index contributed by atoms with van der Waals surface area (Å²) in [5.74, 6) is -5.29. The summed E-state index contributed by atoms with van der Waals surface area (Å²) in [6.45, 7) is 4.09. The molecule has 0 spiro atoms. The Morgan fingerprint density at radius 3 is 2.18 bits per heavy atom. The number of alkyl halides is 6. The number of carbonyl (C=O) groups excluding carboxylic acids is 1. The standard InChI is InChI=1S/C19H23N3O2S.2C2HF3O2/c23-19(10-15-4-9-25-14-15)22-6-3-18-17(13-22)21(7-8-24-18)12-16-2-1-5-20-11-16;2*3-2(4,5)1(6)7/h1-2,4-5,9,11,14,17-18H,3,6-8,10,12-13H2;2*(H,6,7)/t17-,18-;;/m0../s1. The fraction of sp³-hybridized carbons (Fsp3) is 0.478. The van der Waals surface area contributed by atoms with E-state index in [1.165, 1.54) is 5.56 Å². The van der Waals surface area contributed by atoms with Crippen molar-refractivity contribution in [1.29, 1.82) is 0 Å². The Hall–Kier alpha value is -3.24. The molecule has 0 saturated carbocycles. The van der Waals surface area contributed by atoms with Gasteiger partial charge in [0.25, 0.3) is 0 Å². The summed E-state index contributed by atoms with van der Waals surface area (Å²) in [6, 6.07) is 6.40. The largest absolute Gasteiger partial charge is 0.490 e. The van der Waals surface area contributed by atoms with E-state index in [-0.39, 0.29) is 18.1 Å². The van der Waals surface area contributed by atoms with Crippen LogP contribution in [-0.4, -0.2) is 93.6 Å². The summed E-state index contributed by atoms with van der Waals surface area (Å²) in [6.07, 6.45) is -4.78. The van der Waals surface area contributed by atoms with Crippen LogP contribution in [0.15, 0.2) is 41.4 Å². The molecule has 0 aromatic carbocycles. The number of fused-ring (bicyclic) bond motifs is 1. The van der Waals surface area contributed by atoms with Gasteiger partial charge in [-0.15, -0.1) is 0 Å². The number of aromatic nitrogens is 1. The van der Waals surface area contributed by atoms with Crippen molar-refractivity contribution in [3.05, 3.63) is 52.5 Å². The van der Waals surface area contributed by atoms with Crippen molar-refractivity contribution in [1.82, 2.24) is 14.8 Å². The summed E-state index contributed by atoms with van der Waals surface area (Å²) in [4.78, 5) is 39.1. The van der Waals surface area contributed by atoms with E-state index in [0.29, 0.717) is 6.42 Å². The van der Waals surface area contributed by atoms with Crippen molar-refractivity contribution in [3.63, 3.8) is 0 Å². The van der Waals surface area contributed by atoms with E-state index in [9.17, 15) is 31.1 Å². The number of nitrogens with zero attached hydrogens (tertiary/aromatic N) is 3. The summed E-state index contributed by atoms with van der Waals surface area (Å²) in [7, 11) is 0. The van der Waals surface area contributed by atoms with Crippen molar-refractivity contribution >= 4 is 29.2 Å². The number of morpholine rings is 1. The third-order valence-electron chi connectivity index (χ3n) is 5.58. The van der Waals surface area contributed by atoms with Gasteiger partial charge < -0.3 is 19.8 Å². The van der Waals surface area contributed by atoms with Crippen molar-refractivity contribution in [2.75, 3.05) is 26.2 Å². The number of amides is 1. The first kappa shape index (κ1) is 32.0. The fourth-order valence-electron chi connectivity index (χ4n) is 3.77. The highest BCUT2D eigenvalue weighted by Crippen LogP contribution is 2.25. The lowest BCUT2D eigenvalue weighted by molar-refractivity contribution is -0.193. The van der Waals surface area contributed by atoms with Gasteiger partial charge in [-0.3, -0.25) is 14.7 Å². The second kappa shape index (κ2) is 14.2. The molecule has 2 N–H and O–H groups in total. The van der Waals surface area contributed by atoms with Crippen LogP contribution in [0.3, 0.4) is 0 Å². The normalized spacial score (nSPS) is 19.5. The lowest BCUT2D eigenvalue weighted by Gasteiger charge is -2.47. The van der Waals surface area contributed by atoms with Gasteiger partial charge in [0.15, 0.2) is 0 Å². The first-order valence-corrected chi connectivity index (χ1v) is 12.3. The predicted octanol–water partition coefficient (Wildman–Crippen LogP) is 3.45. The molecule has 16 heteroatoms. The molecule has 9 nitrogen and oxygen atoms in total. The van der Waals surface area contributed by atoms with E-state index < -0.39 is 24.3 Å². The Kier molecular flexibility index (Phi) is 11.7. The highest BCUT2D eigenvalue weighted by Gasteiger charge is 2.39. The zero-order chi connectivity index (χ0) is 29.2. The molecule has 0 bridgehead atoms. The van der Waals surface area contributed by atoms with Crippen LogP contribution in [0, 0.1) is 0 Å². The molecule has 2 saturated heterocycles. The number of pyridine rings is 1. The number of aliphatic carboxylic acids is 2. The zero-order valence-electron chi connectivity index (χ0n) is 20.2. The maximum Gasteiger partial charge on any atom is 0.490 e. The van der Waals surface area contributed by atoms with Gasteiger partial charge in [-0.05, 0) is 40.4 Å². The number of thiophene rings is 1. The molecular weight excluding hydrogens is 560 g/mol. The fourth-order valence-corrected chi connectivity index (χ4v) is 4.44. The van der Waals surface area contributed by atoms with E-state index in [4.69, 9.17) is 24.5 Å². The minimum absolute atomic E-state index is 0.226. The molecule has 0 unspecified atom stereocenters. The molecule has 1 amide bonds. The van der Waals surface area contributed by atoms with Crippen molar-refractivity contribution in [2.24, 2.45) is 0 Å². The number of rotatable bonds is 4. The molecule has 39 heavy (non-hydrogen) atoms. The van der Waals surface area contributed by atoms with Crippen LogP contribution in [0.5, 0.6) is 0 Å². The number of carboxylic acid groups (broad SMARTS) is 2. The van der Waals surface area contributed by atoms with Crippen molar-refractivity contribution in [2.45, 2.75) is 43.9 Å². The van der Waals surface area contributed by atoms with Crippen LogP contribution >= 0.6 is 11.3 Å². The van der Waals surface area contributed by atoms with Gasteiger partial charge in [0, 0.05) is 38.6 Å². The number of ether oxygens (including phenoxy) is 1. The average Bonchev–Trinajstić information content (AvgIpc) is 3.37. The van der Waals surface area contributed by atoms with Crippen LogP contribution in [0.2, 0.25) is 0 Å². The molecule has 4 heterocycles. The maximum atomic E-state index is 12.7. The molecule has 0 radical (unpaired) electrons. The Bertz CT molecular complexity index is 1040. The Labute approximate surface area is 222 Å². The number of carbonyl (C=O) groups is 3. The molecule has 4 rings (SSSR count). The smallest absolute Gasteiger partial charge is 0.475 e. The molecule has 2 aliphatic rings. The van der Waals surface area contributed by atoms with Gasteiger partial charge in [-0.2, -0.15) is 37.7 Å². The average molecular weight is 586 g/mol. The van der Waals surface area contributed by atoms with Crippen LogP contribution < -0.4 is 0 Å². The topological polar surface area (TPSA) is 120 Å². The monoisotopic (exact) mass is 585 g/mol. The predicted molar refractivity (Wildman–Crippen MR) is 125 cm³/mol. The van der Waals surface area contributed by atoms with Crippen LogP contribution in [0.25, 0.3) is 0 Å². The van der Waals surface area contributed by atoms with Gasteiger partial charge in [-0.1, -0.05) is 6.07 Å². The van der Waals surface area contributed by atoms with Crippen LogP contribution in [-0.2, 0) is 32.1 Å². The molecule has 2 aromatic rings. The van der Waals surface area contributed by atoms with E-state index in [1.54, 1.807) is 17.5 Å². The minimum atomic E-state index is -5.08. The second-order valence-corrected chi connectivity index (χ2v) is 9.13. The number of carboxylic acids is 2. The molecule has 2 atom stereocenters. The molecule has 2 fully saturated rings. The number of piperidine rings is 1. The molecule has 2 aromatic heterocycles. The zero-order valence-corrected chi connectivity index (χ0v) is 21.0. The van der Waals surface area contributed by atoms with Gasteiger partial charge >= 0.3 is 24.3 Å². The minimum Gasteiger partial charge on any atom is -0.475 e. The quantitative estimate of drug-likeness (QED) is 0.524. The summed E-state index contributed by atoms with van der Waals surface area (Å²) in [5.41, 5.74) is 2.33. The number of halogens is 6. The number of likely N-dealkylation sites (tertiary alicyclic amines) is 1. The van der Waals surface area contributed by atoms with Gasteiger partial charge in [0.05, 0.1) is 25.2 Å². The van der Waals surface area contributed by atoms with Gasteiger partial charge in [0.1, 0.15) is 0 Å². The number of hydrogen-bond donors (Lipinski definition) is 2.